The van der Waals surface area contributed by atoms with Crippen LogP contribution >= 0.6 is 0 Å². The highest BCUT2D eigenvalue weighted by molar-refractivity contribution is 6.99. The van der Waals surface area contributed by atoms with Gasteiger partial charge in [-0.05, 0) is 52.4 Å². The second-order valence-corrected chi connectivity index (χ2v) is 12.9. The van der Waals surface area contributed by atoms with E-state index in [2.05, 4.69) is 81.4 Å². The number of phenolic OH excluding ortho intramolecular Hbond substituents is 1. The predicted octanol–water partition coefficient (Wildman–Crippen LogP) is 5.29. The lowest BCUT2D eigenvalue weighted by Crippen LogP contribution is -2.66. The summed E-state index contributed by atoms with van der Waals surface area (Å²) in [5, 5.41) is 12.1. The minimum absolute atomic E-state index is 0.0205. The molecule has 0 amide bonds. The maximum atomic E-state index is 9.43. The second kappa shape index (κ2) is 9.42. The first-order valence-corrected chi connectivity index (χ1v) is 12.4. The molecule has 0 spiro atoms. The van der Waals surface area contributed by atoms with Crippen LogP contribution in [0.25, 0.3) is 0 Å². The molecule has 0 aliphatic heterocycles. The van der Waals surface area contributed by atoms with Crippen molar-refractivity contribution in [2.45, 2.75) is 45.1 Å². The van der Waals surface area contributed by atoms with Gasteiger partial charge in [-0.25, -0.2) is 0 Å². The molecule has 3 heteroatoms. The highest BCUT2D eigenvalue weighted by Gasteiger charge is 2.49. The first kappa shape index (κ1) is 21.3. The Morgan fingerprint density at radius 2 is 1.24 bits per heavy atom. The Hall–Kier alpha value is -2.36. The lowest BCUT2D eigenvalue weighted by atomic mass is 10.1. The van der Waals surface area contributed by atoms with Crippen molar-refractivity contribution in [3.63, 3.8) is 0 Å². The first-order chi connectivity index (χ1) is 13.9. The third kappa shape index (κ3) is 4.98. The van der Waals surface area contributed by atoms with Gasteiger partial charge in [-0.15, -0.1) is 0 Å². The van der Waals surface area contributed by atoms with E-state index in [9.17, 15) is 5.11 Å². The van der Waals surface area contributed by atoms with Crippen LogP contribution in [0.1, 0.15) is 39.2 Å². The van der Waals surface area contributed by atoms with Gasteiger partial charge in [0.1, 0.15) is 5.75 Å². The molecule has 3 aromatic rings. The molecule has 0 unspecified atom stereocenters. The summed E-state index contributed by atoms with van der Waals surface area (Å²) in [6, 6.07) is 29.1. The summed E-state index contributed by atoms with van der Waals surface area (Å²) in [4.78, 5) is 0. The summed E-state index contributed by atoms with van der Waals surface area (Å²) in [5.41, 5.74) is 1.26. The maximum Gasteiger partial charge on any atom is 0.261 e. The van der Waals surface area contributed by atoms with E-state index < -0.39 is 8.32 Å². The topological polar surface area (TPSA) is 29.5 Å². The molecule has 152 valence electrons. The second-order valence-electron chi connectivity index (χ2n) is 8.64. The summed E-state index contributed by atoms with van der Waals surface area (Å²) in [6.45, 7) is 7.70. The Balaban J connectivity index is 1.77. The van der Waals surface area contributed by atoms with E-state index in [0.717, 1.165) is 25.9 Å². The van der Waals surface area contributed by atoms with Crippen LogP contribution in [0.5, 0.6) is 5.75 Å². The molecule has 0 atom stereocenters. The largest absolute Gasteiger partial charge is 0.508 e. The summed E-state index contributed by atoms with van der Waals surface area (Å²) in [6.07, 6.45) is 3.10. The van der Waals surface area contributed by atoms with Crippen molar-refractivity contribution in [2.75, 3.05) is 6.61 Å². The summed E-state index contributed by atoms with van der Waals surface area (Å²) in [5.74, 6) is 0.323. The SMILES string of the molecule is CC(C)(C)[Si](OCCCCc1ccc(O)cc1)(c1ccccc1)c1ccccc1. The van der Waals surface area contributed by atoms with Crippen molar-refractivity contribution in [1.82, 2.24) is 0 Å². The van der Waals surface area contributed by atoms with Crippen molar-refractivity contribution in [1.29, 1.82) is 0 Å². The van der Waals surface area contributed by atoms with Crippen LogP contribution in [0.15, 0.2) is 84.9 Å². The van der Waals surface area contributed by atoms with Gasteiger partial charge in [0.25, 0.3) is 8.32 Å². The molecule has 0 saturated heterocycles. The molecule has 0 aliphatic carbocycles. The molecule has 0 radical (unpaired) electrons. The van der Waals surface area contributed by atoms with Gasteiger partial charge in [0.15, 0.2) is 0 Å². The molecule has 0 heterocycles. The van der Waals surface area contributed by atoms with Gasteiger partial charge in [-0.2, -0.15) is 0 Å². The molecule has 3 aromatic carbocycles. The van der Waals surface area contributed by atoms with Crippen LogP contribution in [-0.2, 0) is 10.8 Å². The third-order valence-corrected chi connectivity index (χ3v) is 10.6. The molecule has 0 aromatic heterocycles. The van der Waals surface area contributed by atoms with Gasteiger partial charge >= 0.3 is 0 Å². The first-order valence-electron chi connectivity index (χ1n) is 10.5. The Kier molecular flexibility index (Phi) is 6.94. The van der Waals surface area contributed by atoms with Gasteiger partial charge in [0, 0.05) is 6.61 Å². The third-order valence-electron chi connectivity index (χ3n) is 5.53. The predicted molar refractivity (Wildman–Crippen MR) is 125 cm³/mol. The number of benzene rings is 3. The van der Waals surface area contributed by atoms with E-state index in [1.807, 2.05) is 12.1 Å². The van der Waals surface area contributed by atoms with Crippen LogP contribution in [0.4, 0.5) is 0 Å². The quantitative estimate of drug-likeness (QED) is 0.408. The Morgan fingerprint density at radius 1 is 0.724 bits per heavy atom. The van der Waals surface area contributed by atoms with Gasteiger partial charge in [-0.3, -0.25) is 0 Å². The monoisotopic (exact) mass is 404 g/mol. The average Bonchev–Trinajstić information content (AvgIpc) is 2.72. The van der Waals surface area contributed by atoms with Crippen molar-refractivity contribution in [3.05, 3.63) is 90.5 Å². The number of rotatable bonds is 8. The Morgan fingerprint density at radius 3 is 1.72 bits per heavy atom. The fraction of sp³-hybridized carbons (Fsp3) is 0.308. The number of hydrogen-bond donors (Lipinski definition) is 1. The van der Waals surface area contributed by atoms with Crippen LogP contribution in [0.2, 0.25) is 5.04 Å². The molecule has 29 heavy (non-hydrogen) atoms. The zero-order valence-corrected chi connectivity index (χ0v) is 18.8. The van der Waals surface area contributed by atoms with Crippen molar-refractivity contribution < 1.29 is 9.53 Å². The highest BCUT2D eigenvalue weighted by atomic mass is 28.4. The van der Waals surface area contributed by atoms with E-state index in [-0.39, 0.29) is 5.04 Å². The molecule has 1 N–H and O–H groups in total. The zero-order valence-electron chi connectivity index (χ0n) is 17.8. The molecule has 2 nitrogen and oxygen atoms in total. The lowest BCUT2D eigenvalue weighted by Gasteiger charge is -2.43. The van der Waals surface area contributed by atoms with Crippen molar-refractivity contribution in [2.24, 2.45) is 0 Å². The van der Waals surface area contributed by atoms with Crippen LogP contribution in [0, 0.1) is 0 Å². The number of phenols is 1. The summed E-state index contributed by atoms with van der Waals surface area (Å²) in [7, 11) is -2.42. The van der Waals surface area contributed by atoms with Gasteiger partial charge in [0.2, 0.25) is 0 Å². The van der Waals surface area contributed by atoms with E-state index in [1.165, 1.54) is 15.9 Å². The minimum Gasteiger partial charge on any atom is -0.508 e. The number of unbranched alkanes of at least 4 members (excludes halogenated alkanes) is 1. The molecular weight excluding hydrogens is 372 g/mol. The molecule has 0 aliphatic rings. The standard InChI is InChI=1S/C26H32O2Si/c1-26(2,3)29(24-13-6-4-7-14-24,25-15-8-5-9-16-25)28-21-11-10-12-22-17-19-23(27)20-18-22/h4-9,13-20,27H,10-12,21H2,1-3H3. The molecule has 0 fully saturated rings. The van der Waals surface area contributed by atoms with Crippen LogP contribution in [0.3, 0.4) is 0 Å². The minimum atomic E-state index is -2.42. The highest BCUT2D eigenvalue weighted by Crippen LogP contribution is 2.36. The average molecular weight is 405 g/mol. The normalized spacial score (nSPS) is 12.1. The zero-order chi connectivity index (χ0) is 20.7. The van der Waals surface area contributed by atoms with Crippen LogP contribution in [-0.4, -0.2) is 20.0 Å². The lowest BCUT2D eigenvalue weighted by molar-refractivity contribution is 0.288. The fourth-order valence-electron chi connectivity index (χ4n) is 4.08. The number of hydrogen-bond acceptors (Lipinski definition) is 2. The van der Waals surface area contributed by atoms with Gasteiger partial charge in [0.05, 0.1) is 0 Å². The Bertz CT molecular complexity index is 829. The maximum absolute atomic E-state index is 9.43. The van der Waals surface area contributed by atoms with Gasteiger partial charge < -0.3 is 9.53 Å². The molecule has 0 bridgehead atoms. The van der Waals surface area contributed by atoms with E-state index in [0.29, 0.717) is 5.75 Å². The molecular formula is C26H32O2Si. The number of aromatic hydroxyl groups is 1. The smallest absolute Gasteiger partial charge is 0.261 e. The van der Waals surface area contributed by atoms with E-state index in [1.54, 1.807) is 12.1 Å². The molecule has 0 saturated carbocycles. The van der Waals surface area contributed by atoms with Crippen molar-refractivity contribution >= 4 is 18.7 Å². The van der Waals surface area contributed by atoms with Crippen LogP contribution < -0.4 is 10.4 Å². The summed E-state index contributed by atoms with van der Waals surface area (Å²) < 4.78 is 6.92. The van der Waals surface area contributed by atoms with Crippen molar-refractivity contribution in [3.8, 4) is 5.75 Å². The Labute approximate surface area is 176 Å². The summed E-state index contributed by atoms with van der Waals surface area (Å²) >= 11 is 0. The number of aryl methyl sites for hydroxylation is 1. The molecule has 3 rings (SSSR count). The van der Waals surface area contributed by atoms with Gasteiger partial charge in [-0.1, -0.05) is 93.6 Å². The van der Waals surface area contributed by atoms with E-state index >= 15 is 0 Å². The fourth-order valence-corrected chi connectivity index (χ4v) is 8.69. The van der Waals surface area contributed by atoms with E-state index in [4.69, 9.17) is 4.43 Å².